The van der Waals surface area contributed by atoms with E-state index in [0.717, 1.165) is 6.07 Å². The molecule has 19 heavy (non-hydrogen) atoms. The first-order valence-electron chi connectivity index (χ1n) is 5.12. The average molecular weight is 300 g/mol. The fraction of sp³-hybridized carbons (Fsp3) is 0.400. The van der Waals surface area contributed by atoms with Gasteiger partial charge in [-0.05, 0) is 18.6 Å². The first-order chi connectivity index (χ1) is 8.59. The summed E-state index contributed by atoms with van der Waals surface area (Å²) in [6.07, 6.45) is 0. The van der Waals surface area contributed by atoms with Gasteiger partial charge in [0.1, 0.15) is 16.5 Å². The van der Waals surface area contributed by atoms with Crippen LogP contribution in [0.2, 0.25) is 0 Å². The number of benzene rings is 1. The molecule has 0 spiro atoms. The molecule has 0 unspecified atom stereocenters. The Morgan fingerprint density at radius 3 is 2.37 bits per heavy atom. The highest BCUT2D eigenvalue weighted by Crippen LogP contribution is 2.19. The Morgan fingerprint density at radius 2 is 1.84 bits per heavy atom. The summed E-state index contributed by atoms with van der Waals surface area (Å²) in [5.74, 6) is -5.73. The van der Waals surface area contributed by atoms with Gasteiger partial charge in [0.2, 0.25) is 10.0 Å². The summed E-state index contributed by atoms with van der Waals surface area (Å²) in [4.78, 5) is -0.890. The molecule has 0 heterocycles. The zero-order valence-electron chi connectivity index (χ0n) is 9.88. The number of alkyl halides is 2. The van der Waals surface area contributed by atoms with Crippen molar-refractivity contribution >= 4 is 10.0 Å². The number of sulfonamides is 1. The maximum absolute atomic E-state index is 13.4. The highest BCUT2D eigenvalue weighted by molar-refractivity contribution is 7.89. The number of halogens is 4. The van der Waals surface area contributed by atoms with E-state index in [1.54, 1.807) is 0 Å². The summed E-state index contributed by atoms with van der Waals surface area (Å²) >= 11 is 0. The number of aryl methyl sites for hydroxylation is 1. The second-order valence-electron chi connectivity index (χ2n) is 3.92. The molecule has 9 heteroatoms. The van der Waals surface area contributed by atoms with Crippen LogP contribution in [-0.2, 0) is 10.0 Å². The van der Waals surface area contributed by atoms with Gasteiger partial charge in [-0.15, -0.1) is 0 Å². The predicted molar refractivity (Wildman–Crippen MR) is 60.3 cm³/mol. The standard InChI is InChI=1S/C10H12F4N2O2S/c1-6-2-9(8(12)3-7(6)11)19(17,18)16-5-10(13,14)4-15/h2-3,16H,4-5,15H2,1H3. The minimum atomic E-state index is -4.50. The number of nitrogens with two attached hydrogens (primary N) is 1. The van der Waals surface area contributed by atoms with Crippen molar-refractivity contribution in [1.82, 2.24) is 4.72 Å². The van der Waals surface area contributed by atoms with Gasteiger partial charge >= 0.3 is 0 Å². The molecule has 4 nitrogen and oxygen atoms in total. The summed E-state index contributed by atoms with van der Waals surface area (Å²) in [5, 5.41) is 0. The topological polar surface area (TPSA) is 72.2 Å². The highest BCUT2D eigenvalue weighted by atomic mass is 32.2. The third-order valence-corrected chi connectivity index (χ3v) is 3.74. The molecule has 0 aromatic heterocycles. The fourth-order valence-corrected chi connectivity index (χ4v) is 2.39. The molecule has 0 saturated heterocycles. The van der Waals surface area contributed by atoms with Gasteiger partial charge in [0.25, 0.3) is 5.92 Å². The molecule has 0 amide bonds. The zero-order chi connectivity index (χ0) is 14.8. The molecule has 0 aliphatic heterocycles. The maximum atomic E-state index is 13.4. The Morgan fingerprint density at radius 1 is 1.26 bits per heavy atom. The Labute approximate surface area is 107 Å². The summed E-state index contributed by atoms with van der Waals surface area (Å²) < 4.78 is 76.8. The van der Waals surface area contributed by atoms with Crippen molar-refractivity contribution in [2.24, 2.45) is 5.73 Å². The van der Waals surface area contributed by atoms with Crippen molar-refractivity contribution in [1.29, 1.82) is 0 Å². The summed E-state index contributed by atoms with van der Waals surface area (Å²) in [6.45, 7) is -1.09. The van der Waals surface area contributed by atoms with E-state index in [9.17, 15) is 26.0 Å². The van der Waals surface area contributed by atoms with E-state index < -0.39 is 45.6 Å². The van der Waals surface area contributed by atoms with Crippen molar-refractivity contribution in [2.75, 3.05) is 13.1 Å². The van der Waals surface area contributed by atoms with E-state index in [1.165, 1.54) is 11.6 Å². The Hall–Kier alpha value is -1.19. The molecule has 0 aliphatic rings. The van der Waals surface area contributed by atoms with Crippen molar-refractivity contribution in [2.45, 2.75) is 17.7 Å². The van der Waals surface area contributed by atoms with E-state index in [2.05, 4.69) is 0 Å². The second kappa shape index (κ2) is 5.43. The van der Waals surface area contributed by atoms with E-state index in [0.29, 0.717) is 6.07 Å². The maximum Gasteiger partial charge on any atom is 0.273 e. The van der Waals surface area contributed by atoms with Gasteiger partial charge in [-0.1, -0.05) is 0 Å². The van der Waals surface area contributed by atoms with Crippen LogP contribution in [0.1, 0.15) is 5.56 Å². The third-order valence-electron chi connectivity index (χ3n) is 2.32. The monoisotopic (exact) mass is 300 g/mol. The van der Waals surface area contributed by atoms with Crippen LogP contribution in [0.4, 0.5) is 17.6 Å². The molecular formula is C10H12F4N2O2S. The van der Waals surface area contributed by atoms with Gasteiger partial charge in [0.15, 0.2) is 0 Å². The van der Waals surface area contributed by atoms with Gasteiger partial charge in [-0.3, -0.25) is 0 Å². The second-order valence-corrected chi connectivity index (χ2v) is 5.65. The fourth-order valence-electron chi connectivity index (χ4n) is 1.19. The third kappa shape index (κ3) is 3.88. The normalized spacial score (nSPS) is 12.7. The quantitative estimate of drug-likeness (QED) is 0.801. The summed E-state index contributed by atoms with van der Waals surface area (Å²) in [6, 6.07) is 1.11. The van der Waals surface area contributed by atoms with Crippen molar-refractivity contribution in [3.8, 4) is 0 Å². The van der Waals surface area contributed by atoms with Crippen LogP contribution in [0.3, 0.4) is 0 Å². The minimum absolute atomic E-state index is 0.118. The minimum Gasteiger partial charge on any atom is -0.325 e. The Kier molecular flexibility index (Phi) is 4.54. The Bertz CT molecular complexity index is 575. The van der Waals surface area contributed by atoms with E-state index in [4.69, 9.17) is 5.73 Å². The smallest absolute Gasteiger partial charge is 0.273 e. The largest absolute Gasteiger partial charge is 0.325 e. The predicted octanol–water partition coefficient (Wildman–Crippen LogP) is 1.15. The highest BCUT2D eigenvalue weighted by Gasteiger charge is 2.30. The van der Waals surface area contributed by atoms with Crippen LogP contribution in [0, 0.1) is 18.6 Å². The molecule has 0 bridgehead atoms. The van der Waals surface area contributed by atoms with Crippen LogP contribution in [0.15, 0.2) is 17.0 Å². The molecule has 0 aliphatic carbocycles. The molecular weight excluding hydrogens is 288 g/mol. The molecule has 1 rings (SSSR count). The first kappa shape index (κ1) is 15.9. The molecule has 1 aromatic rings. The summed E-state index contributed by atoms with van der Waals surface area (Å²) in [7, 11) is -4.50. The number of rotatable bonds is 5. The molecule has 3 N–H and O–H groups in total. The van der Waals surface area contributed by atoms with Gasteiger partial charge in [0.05, 0.1) is 13.1 Å². The van der Waals surface area contributed by atoms with E-state index in [1.807, 2.05) is 0 Å². The lowest BCUT2D eigenvalue weighted by Gasteiger charge is -2.15. The number of hydrogen-bond donors (Lipinski definition) is 2. The van der Waals surface area contributed by atoms with Gasteiger partial charge in [0, 0.05) is 6.07 Å². The first-order valence-corrected chi connectivity index (χ1v) is 6.60. The SMILES string of the molecule is Cc1cc(S(=O)(=O)NCC(F)(F)CN)c(F)cc1F. The van der Waals surface area contributed by atoms with Gasteiger partial charge in [-0.2, -0.15) is 0 Å². The average Bonchev–Trinajstić information content (AvgIpc) is 2.31. The Balaban J connectivity index is 3.05. The van der Waals surface area contributed by atoms with Crippen molar-refractivity contribution < 1.29 is 26.0 Å². The number of hydrogen-bond acceptors (Lipinski definition) is 3. The van der Waals surface area contributed by atoms with Crippen LogP contribution in [0.25, 0.3) is 0 Å². The van der Waals surface area contributed by atoms with E-state index >= 15 is 0 Å². The molecule has 108 valence electrons. The molecule has 0 fully saturated rings. The summed E-state index contributed by atoms with van der Waals surface area (Å²) in [5.41, 5.74) is 4.62. The van der Waals surface area contributed by atoms with E-state index in [-0.39, 0.29) is 5.56 Å². The lowest BCUT2D eigenvalue weighted by atomic mass is 10.2. The lowest BCUT2D eigenvalue weighted by molar-refractivity contribution is 0.0170. The molecule has 0 saturated carbocycles. The van der Waals surface area contributed by atoms with Gasteiger partial charge in [-0.25, -0.2) is 30.7 Å². The van der Waals surface area contributed by atoms with Crippen LogP contribution >= 0.6 is 0 Å². The van der Waals surface area contributed by atoms with Crippen LogP contribution < -0.4 is 10.5 Å². The van der Waals surface area contributed by atoms with Crippen LogP contribution in [-0.4, -0.2) is 27.4 Å². The molecule has 1 aromatic carbocycles. The van der Waals surface area contributed by atoms with Crippen molar-refractivity contribution in [3.05, 3.63) is 29.3 Å². The van der Waals surface area contributed by atoms with Crippen LogP contribution in [0.5, 0.6) is 0 Å². The molecule has 0 radical (unpaired) electrons. The van der Waals surface area contributed by atoms with Gasteiger partial charge < -0.3 is 5.73 Å². The lowest BCUT2D eigenvalue weighted by Crippen LogP contribution is -2.41. The van der Waals surface area contributed by atoms with Crippen molar-refractivity contribution in [3.63, 3.8) is 0 Å². The molecule has 0 atom stereocenters. The number of nitrogens with one attached hydrogen (secondary N) is 1. The zero-order valence-corrected chi connectivity index (χ0v) is 10.7.